The van der Waals surface area contributed by atoms with Gasteiger partial charge in [-0.2, -0.15) is 0 Å². The van der Waals surface area contributed by atoms with Gasteiger partial charge in [0.1, 0.15) is 5.75 Å². The second-order valence-electron chi connectivity index (χ2n) is 2.61. The van der Waals surface area contributed by atoms with Gasteiger partial charge in [-0.05, 0) is 34.1 Å². The van der Waals surface area contributed by atoms with Crippen LogP contribution in [0.15, 0.2) is 22.7 Å². The molecule has 1 aromatic rings. The van der Waals surface area contributed by atoms with Crippen LogP contribution in [-0.2, 0) is 0 Å². The third-order valence-electron chi connectivity index (χ3n) is 1.59. The maximum absolute atomic E-state index is 11.4. The number of amides is 1. The standard InChI is InChI=1S/C9H9BrINO2/c10-7-2-1-6(5-8(7)13)9(14)12-4-3-11/h1-2,5,13H,3-4H2,(H,12,14). The highest BCUT2D eigenvalue weighted by atomic mass is 127. The average molecular weight is 370 g/mol. The number of hydrogen-bond donors (Lipinski definition) is 2. The Morgan fingerprint density at radius 1 is 1.57 bits per heavy atom. The van der Waals surface area contributed by atoms with E-state index in [1.807, 2.05) is 0 Å². The van der Waals surface area contributed by atoms with Crippen LogP contribution in [0, 0.1) is 0 Å². The third kappa shape index (κ3) is 3.13. The van der Waals surface area contributed by atoms with Crippen molar-refractivity contribution in [3.05, 3.63) is 28.2 Å². The molecular formula is C9H9BrINO2. The van der Waals surface area contributed by atoms with Crippen molar-refractivity contribution in [3.63, 3.8) is 0 Å². The topological polar surface area (TPSA) is 49.3 Å². The molecule has 0 atom stereocenters. The zero-order valence-corrected chi connectivity index (χ0v) is 11.0. The molecule has 76 valence electrons. The molecule has 0 aliphatic carbocycles. The Kier molecular flexibility index (Phi) is 4.67. The zero-order chi connectivity index (χ0) is 10.6. The average Bonchev–Trinajstić information content (AvgIpc) is 2.18. The van der Waals surface area contributed by atoms with Gasteiger partial charge in [0.2, 0.25) is 0 Å². The van der Waals surface area contributed by atoms with Gasteiger partial charge in [-0.15, -0.1) is 0 Å². The van der Waals surface area contributed by atoms with Crippen molar-refractivity contribution in [3.8, 4) is 5.75 Å². The molecule has 0 heterocycles. The maximum atomic E-state index is 11.4. The van der Waals surface area contributed by atoms with Crippen LogP contribution in [0.3, 0.4) is 0 Å². The molecule has 0 fully saturated rings. The minimum absolute atomic E-state index is 0.0760. The third-order valence-corrected chi connectivity index (χ3v) is 2.80. The molecule has 5 heteroatoms. The van der Waals surface area contributed by atoms with Gasteiger partial charge in [-0.1, -0.05) is 22.6 Å². The summed E-state index contributed by atoms with van der Waals surface area (Å²) in [4.78, 5) is 11.4. The number of nitrogens with one attached hydrogen (secondary N) is 1. The highest BCUT2D eigenvalue weighted by Gasteiger charge is 2.06. The van der Waals surface area contributed by atoms with Crippen molar-refractivity contribution in [2.24, 2.45) is 0 Å². The number of alkyl halides is 1. The molecule has 0 aliphatic rings. The number of phenolic OH excluding ortho intramolecular Hbond substituents is 1. The fourth-order valence-corrected chi connectivity index (χ4v) is 1.43. The first kappa shape index (κ1) is 11.8. The summed E-state index contributed by atoms with van der Waals surface area (Å²) < 4.78 is 1.45. The molecule has 0 unspecified atom stereocenters. The van der Waals surface area contributed by atoms with E-state index in [1.165, 1.54) is 6.07 Å². The number of rotatable bonds is 3. The summed E-state index contributed by atoms with van der Waals surface area (Å²) in [6.45, 7) is 0.635. The molecule has 0 spiro atoms. The van der Waals surface area contributed by atoms with Crippen molar-refractivity contribution in [2.75, 3.05) is 11.0 Å². The summed E-state index contributed by atoms with van der Waals surface area (Å²) in [5.74, 6) is -0.0865. The molecule has 3 nitrogen and oxygen atoms in total. The van der Waals surface area contributed by atoms with E-state index in [2.05, 4.69) is 43.8 Å². The fourth-order valence-electron chi connectivity index (χ4n) is 0.917. The second kappa shape index (κ2) is 5.55. The van der Waals surface area contributed by atoms with Gasteiger partial charge in [-0.25, -0.2) is 0 Å². The summed E-state index contributed by atoms with van der Waals surface area (Å²) >= 11 is 5.33. The van der Waals surface area contributed by atoms with Crippen molar-refractivity contribution in [2.45, 2.75) is 0 Å². The Labute approximate surface area is 104 Å². The summed E-state index contributed by atoms with van der Waals surface area (Å²) in [6.07, 6.45) is 0. The van der Waals surface area contributed by atoms with Crippen molar-refractivity contribution < 1.29 is 9.90 Å². The number of aromatic hydroxyl groups is 1. The molecule has 0 aliphatic heterocycles. The Morgan fingerprint density at radius 3 is 2.86 bits per heavy atom. The molecule has 0 saturated heterocycles. The lowest BCUT2D eigenvalue weighted by molar-refractivity contribution is 0.0956. The van der Waals surface area contributed by atoms with Crippen LogP contribution in [0.5, 0.6) is 5.75 Å². The Balaban J connectivity index is 2.76. The quantitative estimate of drug-likeness (QED) is 0.634. The molecule has 2 N–H and O–H groups in total. The van der Waals surface area contributed by atoms with E-state index in [-0.39, 0.29) is 11.7 Å². The van der Waals surface area contributed by atoms with Gasteiger partial charge in [0.15, 0.2) is 0 Å². The predicted octanol–water partition coefficient (Wildman–Crippen LogP) is 2.32. The van der Waals surface area contributed by atoms with Gasteiger partial charge in [-0.3, -0.25) is 4.79 Å². The largest absolute Gasteiger partial charge is 0.507 e. The van der Waals surface area contributed by atoms with Crippen molar-refractivity contribution in [1.82, 2.24) is 5.32 Å². The smallest absolute Gasteiger partial charge is 0.251 e. The molecule has 0 bridgehead atoms. The predicted molar refractivity (Wildman–Crippen MR) is 67.0 cm³/mol. The van der Waals surface area contributed by atoms with Crippen LogP contribution >= 0.6 is 38.5 Å². The SMILES string of the molecule is O=C(NCCI)c1ccc(Br)c(O)c1. The lowest BCUT2D eigenvalue weighted by atomic mass is 10.2. The van der Waals surface area contributed by atoms with Crippen molar-refractivity contribution >= 4 is 44.4 Å². The van der Waals surface area contributed by atoms with Gasteiger partial charge in [0.25, 0.3) is 5.91 Å². The molecule has 0 aromatic heterocycles. The normalized spacial score (nSPS) is 9.86. The lowest BCUT2D eigenvalue weighted by Crippen LogP contribution is -2.24. The molecule has 1 rings (SSSR count). The number of halogens is 2. The van der Waals surface area contributed by atoms with Crippen molar-refractivity contribution in [1.29, 1.82) is 0 Å². The first-order chi connectivity index (χ1) is 6.65. The Hall–Kier alpha value is -0.300. The zero-order valence-electron chi connectivity index (χ0n) is 7.26. The van der Waals surface area contributed by atoms with E-state index in [1.54, 1.807) is 12.1 Å². The number of phenols is 1. The van der Waals surface area contributed by atoms with E-state index < -0.39 is 0 Å². The number of benzene rings is 1. The van der Waals surface area contributed by atoms with Gasteiger partial charge < -0.3 is 10.4 Å². The maximum Gasteiger partial charge on any atom is 0.251 e. The summed E-state index contributed by atoms with van der Waals surface area (Å²) in [7, 11) is 0. The minimum atomic E-state index is -0.163. The van der Waals surface area contributed by atoms with Gasteiger partial charge in [0.05, 0.1) is 4.47 Å². The van der Waals surface area contributed by atoms with Crippen LogP contribution < -0.4 is 5.32 Å². The summed E-state index contributed by atoms with van der Waals surface area (Å²) in [6, 6.07) is 4.74. The molecular weight excluding hydrogens is 361 g/mol. The molecule has 1 amide bonds. The van der Waals surface area contributed by atoms with E-state index in [0.29, 0.717) is 16.6 Å². The second-order valence-corrected chi connectivity index (χ2v) is 4.54. The summed E-state index contributed by atoms with van der Waals surface area (Å²) in [5.41, 5.74) is 0.468. The summed E-state index contributed by atoms with van der Waals surface area (Å²) in [5, 5.41) is 12.1. The van der Waals surface area contributed by atoms with Gasteiger partial charge in [0, 0.05) is 16.5 Å². The first-order valence-corrected chi connectivity index (χ1v) is 6.29. The minimum Gasteiger partial charge on any atom is -0.507 e. The highest BCUT2D eigenvalue weighted by molar-refractivity contribution is 14.1. The lowest BCUT2D eigenvalue weighted by Gasteiger charge is -2.04. The van der Waals surface area contributed by atoms with E-state index >= 15 is 0 Å². The number of carbonyl (C=O) groups is 1. The number of carbonyl (C=O) groups excluding carboxylic acids is 1. The van der Waals surface area contributed by atoms with Crippen LogP contribution in [0.25, 0.3) is 0 Å². The number of hydrogen-bond acceptors (Lipinski definition) is 2. The highest BCUT2D eigenvalue weighted by Crippen LogP contribution is 2.24. The Morgan fingerprint density at radius 2 is 2.29 bits per heavy atom. The van der Waals surface area contributed by atoms with Gasteiger partial charge >= 0.3 is 0 Å². The van der Waals surface area contributed by atoms with E-state index in [0.717, 1.165) is 4.43 Å². The Bertz CT molecular complexity index is 344. The molecule has 0 radical (unpaired) electrons. The molecule has 0 saturated carbocycles. The van der Waals surface area contributed by atoms with Crippen LogP contribution in [0.1, 0.15) is 10.4 Å². The molecule has 14 heavy (non-hydrogen) atoms. The van der Waals surface area contributed by atoms with Crippen LogP contribution in [0.4, 0.5) is 0 Å². The molecule has 1 aromatic carbocycles. The van der Waals surface area contributed by atoms with E-state index in [9.17, 15) is 9.90 Å². The van der Waals surface area contributed by atoms with Crippen LogP contribution in [0.2, 0.25) is 0 Å². The first-order valence-electron chi connectivity index (χ1n) is 3.98. The van der Waals surface area contributed by atoms with E-state index in [4.69, 9.17) is 0 Å². The fraction of sp³-hybridized carbons (Fsp3) is 0.222. The monoisotopic (exact) mass is 369 g/mol. The van der Waals surface area contributed by atoms with Crippen LogP contribution in [-0.4, -0.2) is 22.0 Å².